The normalized spacial score (nSPS) is 15.8. The summed E-state index contributed by atoms with van der Waals surface area (Å²) < 4.78 is 5.72. The summed E-state index contributed by atoms with van der Waals surface area (Å²) in [6, 6.07) is 5.77. The van der Waals surface area contributed by atoms with Gasteiger partial charge in [-0.2, -0.15) is 0 Å². The minimum Gasteiger partial charge on any atom is -0.489 e. The molecule has 3 heteroatoms. The van der Waals surface area contributed by atoms with Crippen molar-refractivity contribution in [1.82, 2.24) is 0 Å². The Morgan fingerprint density at radius 3 is 2.85 bits per heavy atom. The largest absolute Gasteiger partial charge is 0.489 e. The highest BCUT2D eigenvalue weighted by Crippen LogP contribution is 2.34. The molecule has 0 saturated heterocycles. The Bertz CT molecular complexity index is 310. The fourth-order valence-electron chi connectivity index (χ4n) is 1.10. The molecule has 1 aromatic rings. The van der Waals surface area contributed by atoms with Crippen LogP contribution in [0.5, 0.6) is 5.75 Å². The molecule has 70 valence electrons. The van der Waals surface area contributed by atoms with Gasteiger partial charge in [0.05, 0.1) is 11.0 Å². The summed E-state index contributed by atoms with van der Waals surface area (Å²) in [6.45, 7) is 0. The van der Waals surface area contributed by atoms with Gasteiger partial charge in [-0.05, 0) is 37.3 Å². The third kappa shape index (κ3) is 2.32. The van der Waals surface area contributed by atoms with Gasteiger partial charge in [-0.1, -0.05) is 11.6 Å². The molecule has 1 nitrogen and oxygen atoms in total. The lowest BCUT2D eigenvalue weighted by Crippen LogP contribution is -1.96. The van der Waals surface area contributed by atoms with Crippen molar-refractivity contribution in [2.75, 3.05) is 6.26 Å². The number of halogens is 1. The number of thioether (sulfide) groups is 1. The van der Waals surface area contributed by atoms with E-state index >= 15 is 0 Å². The Labute approximate surface area is 87.4 Å². The van der Waals surface area contributed by atoms with Crippen molar-refractivity contribution < 1.29 is 4.74 Å². The molecule has 0 radical (unpaired) electrons. The maximum Gasteiger partial charge on any atom is 0.133 e. The Morgan fingerprint density at radius 1 is 1.46 bits per heavy atom. The summed E-state index contributed by atoms with van der Waals surface area (Å²) in [5.74, 6) is 0.972. The molecule has 0 unspecified atom stereocenters. The quantitative estimate of drug-likeness (QED) is 0.711. The maximum atomic E-state index is 5.88. The standard InChI is InChI=1S/C10H11ClOS/c1-13-10-6-7(11)2-5-9(10)12-8-3-4-8/h2,5-6,8H,3-4H2,1H3. The summed E-state index contributed by atoms with van der Waals surface area (Å²) in [5.41, 5.74) is 0. The lowest BCUT2D eigenvalue weighted by molar-refractivity contribution is 0.296. The van der Waals surface area contributed by atoms with Crippen LogP contribution in [-0.4, -0.2) is 12.4 Å². The van der Waals surface area contributed by atoms with Gasteiger partial charge in [-0.15, -0.1) is 11.8 Å². The van der Waals surface area contributed by atoms with E-state index in [4.69, 9.17) is 16.3 Å². The third-order valence-corrected chi connectivity index (χ3v) is 2.94. The van der Waals surface area contributed by atoms with Gasteiger partial charge in [0.15, 0.2) is 0 Å². The summed E-state index contributed by atoms with van der Waals surface area (Å²) in [4.78, 5) is 1.12. The zero-order valence-corrected chi connectivity index (χ0v) is 8.99. The van der Waals surface area contributed by atoms with E-state index in [0.717, 1.165) is 15.7 Å². The monoisotopic (exact) mass is 214 g/mol. The second-order valence-electron chi connectivity index (χ2n) is 3.11. The Hall–Kier alpha value is -0.340. The van der Waals surface area contributed by atoms with Crippen molar-refractivity contribution in [3.8, 4) is 5.75 Å². The van der Waals surface area contributed by atoms with E-state index in [2.05, 4.69) is 0 Å². The minimum absolute atomic E-state index is 0.451. The molecule has 0 amide bonds. The lowest BCUT2D eigenvalue weighted by Gasteiger charge is -2.08. The van der Waals surface area contributed by atoms with Crippen LogP contribution in [0.4, 0.5) is 0 Å². The zero-order valence-electron chi connectivity index (χ0n) is 7.42. The molecule has 0 aliphatic heterocycles. The maximum absolute atomic E-state index is 5.88. The summed E-state index contributed by atoms with van der Waals surface area (Å²) in [6.07, 6.45) is 4.87. The van der Waals surface area contributed by atoms with Gasteiger partial charge in [-0.3, -0.25) is 0 Å². The molecule has 0 aromatic heterocycles. The van der Waals surface area contributed by atoms with Gasteiger partial charge in [0.25, 0.3) is 0 Å². The van der Waals surface area contributed by atoms with Crippen LogP contribution in [0.3, 0.4) is 0 Å². The van der Waals surface area contributed by atoms with Crippen molar-refractivity contribution in [3.63, 3.8) is 0 Å². The predicted octanol–water partition coefficient (Wildman–Crippen LogP) is 3.60. The first-order chi connectivity index (χ1) is 6.29. The molecule has 0 bridgehead atoms. The first kappa shape index (κ1) is 9.22. The van der Waals surface area contributed by atoms with Crippen molar-refractivity contribution >= 4 is 23.4 Å². The van der Waals surface area contributed by atoms with E-state index in [-0.39, 0.29) is 0 Å². The molecule has 0 N–H and O–H groups in total. The minimum atomic E-state index is 0.451. The number of benzene rings is 1. The SMILES string of the molecule is CSc1cc(Cl)ccc1OC1CC1. The molecule has 0 heterocycles. The second kappa shape index (κ2) is 3.81. The van der Waals surface area contributed by atoms with Crippen molar-refractivity contribution in [2.24, 2.45) is 0 Å². The zero-order chi connectivity index (χ0) is 9.26. The van der Waals surface area contributed by atoms with E-state index in [1.165, 1.54) is 12.8 Å². The van der Waals surface area contributed by atoms with Crippen LogP contribution < -0.4 is 4.74 Å². The predicted molar refractivity (Wildman–Crippen MR) is 56.9 cm³/mol. The fourth-order valence-corrected chi connectivity index (χ4v) is 1.90. The van der Waals surface area contributed by atoms with Crippen LogP contribution >= 0.6 is 23.4 Å². The molecule has 13 heavy (non-hydrogen) atoms. The third-order valence-electron chi connectivity index (χ3n) is 1.94. The van der Waals surface area contributed by atoms with E-state index in [0.29, 0.717) is 6.10 Å². The van der Waals surface area contributed by atoms with Crippen LogP contribution in [0.25, 0.3) is 0 Å². The van der Waals surface area contributed by atoms with Crippen LogP contribution in [0.2, 0.25) is 5.02 Å². The Balaban J connectivity index is 2.21. The fraction of sp³-hybridized carbons (Fsp3) is 0.400. The summed E-state index contributed by atoms with van der Waals surface area (Å²) in [7, 11) is 0. The molecule has 1 aliphatic carbocycles. The van der Waals surface area contributed by atoms with Crippen molar-refractivity contribution in [1.29, 1.82) is 0 Å². The van der Waals surface area contributed by atoms with Gasteiger partial charge < -0.3 is 4.74 Å². The molecular weight excluding hydrogens is 204 g/mol. The van der Waals surface area contributed by atoms with Gasteiger partial charge >= 0.3 is 0 Å². The molecule has 1 aromatic carbocycles. The summed E-state index contributed by atoms with van der Waals surface area (Å²) in [5, 5.41) is 0.771. The van der Waals surface area contributed by atoms with Gasteiger partial charge in [0.1, 0.15) is 5.75 Å². The van der Waals surface area contributed by atoms with E-state index in [1.54, 1.807) is 11.8 Å². The lowest BCUT2D eigenvalue weighted by atomic mass is 10.3. The number of hydrogen-bond donors (Lipinski definition) is 0. The van der Waals surface area contributed by atoms with Crippen LogP contribution in [-0.2, 0) is 0 Å². The first-order valence-electron chi connectivity index (χ1n) is 4.30. The van der Waals surface area contributed by atoms with Gasteiger partial charge in [-0.25, -0.2) is 0 Å². The highest BCUT2D eigenvalue weighted by molar-refractivity contribution is 7.98. The van der Waals surface area contributed by atoms with E-state index < -0.39 is 0 Å². The van der Waals surface area contributed by atoms with Gasteiger partial charge in [0.2, 0.25) is 0 Å². The highest BCUT2D eigenvalue weighted by atomic mass is 35.5. The first-order valence-corrected chi connectivity index (χ1v) is 5.90. The smallest absolute Gasteiger partial charge is 0.133 e. The summed E-state index contributed by atoms with van der Waals surface area (Å²) >= 11 is 7.55. The molecular formula is C10H11ClOS. The van der Waals surface area contributed by atoms with Crippen LogP contribution in [0.1, 0.15) is 12.8 Å². The number of ether oxygens (including phenoxy) is 1. The molecule has 0 spiro atoms. The molecule has 0 atom stereocenters. The molecule has 2 rings (SSSR count). The second-order valence-corrected chi connectivity index (χ2v) is 4.40. The van der Waals surface area contributed by atoms with Crippen molar-refractivity contribution in [2.45, 2.75) is 23.8 Å². The van der Waals surface area contributed by atoms with Crippen LogP contribution in [0.15, 0.2) is 23.1 Å². The Morgan fingerprint density at radius 2 is 2.23 bits per heavy atom. The Kier molecular flexibility index (Phi) is 2.70. The molecule has 1 saturated carbocycles. The average molecular weight is 215 g/mol. The topological polar surface area (TPSA) is 9.23 Å². The van der Waals surface area contributed by atoms with Crippen LogP contribution in [0, 0.1) is 0 Å². The molecule has 1 fully saturated rings. The van der Waals surface area contributed by atoms with E-state index in [1.807, 2.05) is 24.5 Å². The van der Waals surface area contributed by atoms with E-state index in [9.17, 15) is 0 Å². The molecule has 1 aliphatic rings. The van der Waals surface area contributed by atoms with Gasteiger partial charge in [0, 0.05) is 5.02 Å². The number of hydrogen-bond acceptors (Lipinski definition) is 2. The number of rotatable bonds is 3. The highest BCUT2D eigenvalue weighted by Gasteiger charge is 2.24. The average Bonchev–Trinajstić information content (AvgIpc) is 2.92. The van der Waals surface area contributed by atoms with Crippen molar-refractivity contribution in [3.05, 3.63) is 23.2 Å².